The van der Waals surface area contributed by atoms with Gasteiger partial charge in [-0.25, -0.2) is 0 Å². The van der Waals surface area contributed by atoms with Crippen molar-refractivity contribution in [1.82, 2.24) is 5.32 Å². The first kappa shape index (κ1) is 13.9. The predicted octanol–water partition coefficient (Wildman–Crippen LogP) is 2.19. The number of hydrogen-bond donors (Lipinski definition) is 2. The minimum atomic E-state index is -0.000414. The molecule has 1 saturated heterocycles. The minimum absolute atomic E-state index is 0.000414. The highest BCUT2D eigenvalue weighted by molar-refractivity contribution is 5.96. The maximum absolute atomic E-state index is 12.3. The molecule has 4 heteroatoms. The van der Waals surface area contributed by atoms with E-state index in [1.165, 1.54) is 0 Å². The van der Waals surface area contributed by atoms with Gasteiger partial charge in [0.2, 0.25) is 0 Å². The Kier molecular flexibility index (Phi) is 4.43. The van der Waals surface area contributed by atoms with Crippen LogP contribution in [-0.2, 0) is 4.74 Å². The van der Waals surface area contributed by atoms with Crippen LogP contribution in [0.15, 0.2) is 18.2 Å². The molecule has 0 aliphatic carbocycles. The van der Waals surface area contributed by atoms with Crippen LogP contribution in [0.3, 0.4) is 0 Å². The van der Waals surface area contributed by atoms with Gasteiger partial charge in [0, 0.05) is 36.9 Å². The molecule has 0 aromatic heterocycles. The van der Waals surface area contributed by atoms with Crippen molar-refractivity contribution in [1.29, 1.82) is 0 Å². The number of amides is 1. The largest absolute Gasteiger partial charge is 0.388 e. The first-order valence-electron chi connectivity index (χ1n) is 6.79. The lowest BCUT2D eigenvalue weighted by atomic mass is 9.99. The Morgan fingerprint density at radius 2 is 2.26 bits per heavy atom. The lowest BCUT2D eigenvalue weighted by molar-refractivity contribution is 0.0921. The molecule has 104 valence electrons. The van der Waals surface area contributed by atoms with Crippen LogP contribution < -0.4 is 10.6 Å². The second kappa shape index (κ2) is 6.06. The zero-order valence-corrected chi connectivity index (χ0v) is 11.8. The molecule has 2 unspecified atom stereocenters. The zero-order chi connectivity index (χ0) is 13.8. The van der Waals surface area contributed by atoms with Gasteiger partial charge in [-0.2, -0.15) is 0 Å². The van der Waals surface area contributed by atoms with E-state index in [0.717, 1.165) is 36.4 Å². The molecule has 0 saturated carbocycles. The van der Waals surface area contributed by atoms with E-state index in [2.05, 4.69) is 17.6 Å². The number of rotatable bonds is 4. The van der Waals surface area contributed by atoms with Gasteiger partial charge >= 0.3 is 0 Å². The third kappa shape index (κ3) is 3.26. The van der Waals surface area contributed by atoms with Gasteiger partial charge in [-0.05, 0) is 44.0 Å². The Balaban J connectivity index is 2.02. The molecule has 1 heterocycles. The van der Waals surface area contributed by atoms with Gasteiger partial charge in [-0.15, -0.1) is 0 Å². The van der Waals surface area contributed by atoms with Crippen LogP contribution in [0.25, 0.3) is 0 Å². The fourth-order valence-electron chi connectivity index (χ4n) is 2.42. The van der Waals surface area contributed by atoms with Crippen molar-refractivity contribution >= 4 is 11.6 Å². The standard InChI is InChI=1S/C15H22N2O2/c1-10-8-13(16-3)4-5-14(10)15(18)17-11(2)12-6-7-19-9-12/h4-5,8,11-12,16H,6-7,9H2,1-3H3,(H,17,18). The monoisotopic (exact) mass is 262 g/mol. The molecule has 1 fully saturated rings. The summed E-state index contributed by atoms with van der Waals surface area (Å²) in [5.74, 6) is 0.431. The van der Waals surface area contributed by atoms with Gasteiger partial charge in [0.1, 0.15) is 0 Å². The molecule has 1 aromatic rings. The Morgan fingerprint density at radius 3 is 2.84 bits per heavy atom. The average Bonchev–Trinajstić information content (AvgIpc) is 2.92. The van der Waals surface area contributed by atoms with E-state index in [1.54, 1.807) is 0 Å². The number of benzene rings is 1. The normalized spacial score (nSPS) is 20.1. The van der Waals surface area contributed by atoms with E-state index >= 15 is 0 Å². The topological polar surface area (TPSA) is 50.4 Å². The molecule has 4 nitrogen and oxygen atoms in total. The van der Waals surface area contributed by atoms with Crippen LogP contribution in [0.1, 0.15) is 29.3 Å². The van der Waals surface area contributed by atoms with Gasteiger partial charge < -0.3 is 15.4 Å². The molecular weight excluding hydrogens is 240 g/mol. The predicted molar refractivity (Wildman–Crippen MR) is 76.6 cm³/mol. The number of aryl methyl sites for hydroxylation is 1. The first-order chi connectivity index (χ1) is 9.11. The van der Waals surface area contributed by atoms with Crippen molar-refractivity contribution in [2.45, 2.75) is 26.3 Å². The number of anilines is 1. The van der Waals surface area contributed by atoms with Crippen molar-refractivity contribution in [3.8, 4) is 0 Å². The van der Waals surface area contributed by atoms with E-state index in [-0.39, 0.29) is 11.9 Å². The summed E-state index contributed by atoms with van der Waals surface area (Å²) in [4.78, 5) is 12.3. The second-order valence-corrected chi connectivity index (χ2v) is 5.17. The summed E-state index contributed by atoms with van der Waals surface area (Å²) in [6, 6.07) is 5.93. The molecule has 2 N–H and O–H groups in total. The Morgan fingerprint density at radius 1 is 1.47 bits per heavy atom. The van der Waals surface area contributed by atoms with Crippen molar-refractivity contribution in [3.05, 3.63) is 29.3 Å². The summed E-state index contributed by atoms with van der Waals surface area (Å²) in [6.45, 7) is 5.56. The van der Waals surface area contributed by atoms with Crippen LogP contribution in [-0.4, -0.2) is 32.2 Å². The number of ether oxygens (including phenoxy) is 1. The molecule has 1 aromatic carbocycles. The molecule has 0 radical (unpaired) electrons. The molecule has 1 aliphatic heterocycles. The summed E-state index contributed by atoms with van der Waals surface area (Å²) in [7, 11) is 1.87. The molecule has 1 aliphatic rings. The Hall–Kier alpha value is -1.55. The molecular formula is C15H22N2O2. The van der Waals surface area contributed by atoms with Crippen LogP contribution in [0.4, 0.5) is 5.69 Å². The van der Waals surface area contributed by atoms with Crippen LogP contribution in [0.5, 0.6) is 0 Å². The van der Waals surface area contributed by atoms with Gasteiger partial charge in [0.25, 0.3) is 5.91 Å². The number of hydrogen-bond acceptors (Lipinski definition) is 3. The molecule has 19 heavy (non-hydrogen) atoms. The summed E-state index contributed by atoms with van der Waals surface area (Å²) in [6.07, 6.45) is 1.03. The van der Waals surface area contributed by atoms with Crippen molar-refractivity contribution < 1.29 is 9.53 Å². The SMILES string of the molecule is CNc1ccc(C(=O)NC(C)C2CCOC2)c(C)c1. The van der Waals surface area contributed by atoms with E-state index in [1.807, 2.05) is 32.2 Å². The quantitative estimate of drug-likeness (QED) is 0.874. The zero-order valence-electron chi connectivity index (χ0n) is 11.8. The summed E-state index contributed by atoms with van der Waals surface area (Å²) < 4.78 is 5.36. The van der Waals surface area contributed by atoms with E-state index in [9.17, 15) is 4.79 Å². The highest BCUT2D eigenvalue weighted by Crippen LogP contribution is 2.18. The number of carbonyl (C=O) groups excluding carboxylic acids is 1. The molecule has 1 amide bonds. The fraction of sp³-hybridized carbons (Fsp3) is 0.533. The summed E-state index contributed by atoms with van der Waals surface area (Å²) >= 11 is 0. The molecule has 0 spiro atoms. The third-order valence-corrected chi connectivity index (χ3v) is 3.79. The first-order valence-corrected chi connectivity index (χ1v) is 6.79. The van der Waals surface area contributed by atoms with Crippen LogP contribution >= 0.6 is 0 Å². The van der Waals surface area contributed by atoms with Crippen molar-refractivity contribution in [3.63, 3.8) is 0 Å². The molecule has 2 atom stereocenters. The van der Waals surface area contributed by atoms with Gasteiger partial charge in [0.05, 0.1) is 6.61 Å². The highest BCUT2D eigenvalue weighted by Gasteiger charge is 2.24. The molecule has 2 rings (SSSR count). The Bertz CT molecular complexity index is 453. The van der Waals surface area contributed by atoms with Crippen LogP contribution in [0, 0.1) is 12.8 Å². The van der Waals surface area contributed by atoms with Crippen molar-refractivity contribution in [2.75, 3.05) is 25.6 Å². The Labute approximate surface area is 114 Å². The number of carbonyl (C=O) groups is 1. The van der Waals surface area contributed by atoms with Crippen molar-refractivity contribution in [2.24, 2.45) is 5.92 Å². The average molecular weight is 262 g/mol. The fourth-order valence-corrected chi connectivity index (χ4v) is 2.42. The maximum atomic E-state index is 12.3. The van der Waals surface area contributed by atoms with E-state index in [0.29, 0.717) is 5.92 Å². The summed E-state index contributed by atoms with van der Waals surface area (Å²) in [5, 5.41) is 6.15. The maximum Gasteiger partial charge on any atom is 0.251 e. The third-order valence-electron chi connectivity index (χ3n) is 3.79. The summed E-state index contributed by atoms with van der Waals surface area (Å²) in [5.41, 5.74) is 2.75. The van der Waals surface area contributed by atoms with Gasteiger partial charge in [0.15, 0.2) is 0 Å². The lowest BCUT2D eigenvalue weighted by Gasteiger charge is -2.20. The van der Waals surface area contributed by atoms with Crippen LogP contribution in [0.2, 0.25) is 0 Å². The van der Waals surface area contributed by atoms with E-state index in [4.69, 9.17) is 4.74 Å². The second-order valence-electron chi connectivity index (χ2n) is 5.17. The van der Waals surface area contributed by atoms with E-state index < -0.39 is 0 Å². The van der Waals surface area contributed by atoms with Gasteiger partial charge in [-0.1, -0.05) is 0 Å². The van der Waals surface area contributed by atoms with Gasteiger partial charge in [-0.3, -0.25) is 4.79 Å². The highest BCUT2D eigenvalue weighted by atomic mass is 16.5. The molecule has 0 bridgehead atoms. The lowest BCUT2D eigenvalue weighted by Crippen LogP contribution is -2.38. The number of nitrogens with one attached hydrogen (secondary N) is 2. The minimum Gasteiger partial charge on any atom is -0.388 e. The smallest absolute Gasteiger partial charge is 0.251 e.